The SMILES string of the molecule is C#CCCCCS([O])(=O)=O. The maximum atomic E-state index is 9.99. The molecule has 0 aliphatic carbocycles. The summed E-state index contributed by atoms with van der Waals surface area (Å²) in [6, 6.07) is 0. The van der Waals surface area contributed by atoms with E-state index in [2.05, 4.69) is 5.92 Å². The normalized spacial score (nSPS) is 10.8. The molecule has 57 valence electrons. The van der Waals surface area contributed by atoms with Crippen molar-refractivity contribution in [2.24, 2.45) is 0 Å². The molecule has 10 heavy (non-hydrogen) atoms. The lowest BCUT2D eigenvalue weighted by molar-refractivity contribution is 0.412. The van der Waals surface area contributed by atoms with Gasteiger partial charge in [0.05, 0.1) is 5.75 Å². The van der Waals surface area contributed by atoms with Crippen molar-refractivity contribution in [3.8, 4) is 12.3 Å². The molecule has 3 nitrogen and oxygen atoms in total. The van der Waals surface area contributed by atoms with Gasteiger partial charge in [-0.1, -0.05) is 4.55 Å². The molecule has 0 rings (SSSR count). The molecule has 1 radical (unpaired) electrons. The van der Waals surface area contributed by atoms with Gasteiger partial charge in [-0.2, -0.15) is 8.42 Å². The third-order valence-electron chi connectivity index (χ3n) is 0.965. The summed E-state index contributed by atoms with van der Waals surface area (Å²) in [5.74, 6) is 2.06. The second-order valence-electron chi connectivity index (χ2n) is 1.92. The summed E-state index contributed by atoms with van der Waals surface area (Å²) in [7, 11) is -4.02. The highest BCUT2D eigenvalue weighted by molar-refractivity contribution is 7.85. The minimum absolute atomic E-state index is 0.297. The average Bonchev–Trinajstić information content (AvgIpc) is 1.78. The minimum atomic E-state index is -4.02. The van der Waals surface area contributed by atoms with Crippen molar-refractivity contribution in [2.75, 3.05) is 5.75 Å². The molecule has 0 N–H and O–H groups in total. The van der Waals surface area contributed by atoms with Gasteiger partial charge in [0, 0.05) is 6.42 Å². The number of unbranched alkanes of at least 4 members (excludes halogenated alkanes) is 2. The molecular formula is C6H9O3S. The first kappa shape index (κ1) is 9.47. The molecule has 0 aromatic heterocycles. The Labute approximate surface area is 61.2 Å². The Bertz CT molecular complexity index is 210. The topological polar surface area (TPSA) is 54.0 Å². The van der Waals surface area contributed by atoms with Gasteiger partial charge < -0.3 is 0 Å². The molecule has 0 saturated heterocycles. The molecule has 0 fully saturated rings. The maximum absolute atomic E-state index is 9.99. The number of terminal acetylenes is 1. The summed E-state index contributed by atoms with van der Waals surface area (Å²) in [6.45, 7) is 0. The summed E-state index contributed by atoms with van der Waals surface area (Å²) in [5.41, 5.74) is 0. The predicted octanol–water partition coefficient (Wildman–Crippen LogP) is 0.550. The van der Waals surface area contributed by atoms with E-state index in [4.69, 9.17) is 6.42 Å². The van der Waals surface area contributed by atoms with Gasteiger partial charge in [0.15, 0.2) is 0 Å². The summed E-state index contributed by atoms with van der Waals surface area (Å²) in [6.07, 6.45) is 6.42. The van der Waals surface area contributed by atoms with Crippen LogP contribution in [0.25, 0.3) is 0 Å². The van der Waals surface area contributed by atoms with Crippen molar-refractivity contribution in [2.45, 2.75) is 19.3 Å². The molecular weight excluding hydrogens is 152 g/mol. The average molecular weight is 161 g/mol. The Morgan fingerprint density at radius 2 is 1.90 bits per heavy atom. The first-order valence-electron chi connectivity index (χ1n) is 2.93. The summed E-state index contributed by atoms with van der Waals surface area (Å²) in [5, 5.41) is 0. The van der Waals surface area contributed by atoms with Gasteiger partial charge in [0.25, 0.3) is 10.1 Å². The van der Waals surface area contributed by atoms with E-state index in [1.807, 2.05) is 0 Å². The molecule has 0 saturated carbocycles. The molecule has 0 aliphatic rings. The molecule has 0 spiro atoms. The zero-order valence-electron chi connectivity index (χ0n) is 5.54. The van der Waals surface area contributed by atoms with Crippen LogP contribution in [0.3, 0.4) is 0 Å². The third-order valence-corrected chi connectivity index (χ3v) is 1.75. The van der Waals surface area contributed by atoms with Crippen LogP contribution >= 0.6 is 0 Å². The van der Waals surface area contributed by atoms with Gasteiger partial charge in [-0.15, -0.1) is 12.3 Å². The summed E-state index contributed by atoms with van der Waals surface area (Å²) < 4.78 is 30.0. The van der Waals surface area contributed by atoms with Crippen LogP contribution < -0.4 is 0 Å². The monoisotopic (exact) mass is 161 g/mol. The van der Waals surface area contributed by atoms with Gasteiger partial charge >= 0.3 is 0 Å². The largest absolute Gasteiger partial charge is 0.294 e. The van der Waals surface area contributed by atoms with Crippen LogP contribution in [0, 0.1) is 12.3 Å². The zero-order chi connectivity index (χ0) is 8.04. The van der Waals surface area contributed by atoms with Gasteiger partial charge in [0.2, 0.25) is 0 Å². The van der Waals surface area contributed by atoms with Gasteiger partial charge in [-0.3, -0.25) is 0 Å². The lowest BCUT2D eigenvalue weighted by Crippen LogP contribution is -2.01. The Balaban J connectivity index is 3.32. The van der Waals surface area contributed by atoms with E-state index in [1.165, 1.54) is 0 Å². The van der Waals surface area contributed by atoms with Crippen LogP contribution in [-0.4, -0.2) is 14.2 Å². The smallest absolute Gasteiger partial charge is 0.197 e. The first-order chi connectivity index (χ1) is 4.56. The molecule has 0 bridgehead atoms. The molecule has 0 unspecified atom stereocenters. The van der Waals surface area contributed by atoms with Crippen molar-refractivity contribution in [1.29, 1.82) is 0 Å². The van der Waals surface area contributed by atoms with E-state index >= 15 is 0 Å². The quantitative estimate of drug-likeness (QED) is 0.446. The Kier molecular flexibility index (Phi) is 4.08. The van der Waals surface area contributed by atoms with Crippen molar-refractivity contribution >= 4 is 10.1 Å². The van der Waals surface area contributed by atoms with E-state index in [9.17, 15) is 13.0 Å². The molecule has 0 aromatic carbocycles. The Morgan fingerprint density at radius 1 is 1.30 bits per heavy atom. The second-order valence-corrected chi connectivity index (χ2v) is 3.45. The van der Waals surface area contributed by atoms with Gasteiger partial charge in [-0.05, 0) is 12.8 Å². The number of hydrogen-bond donors (Lipinski definition) is 0. The fraction of sp³-hybridized carbons (Fsp3) is 0.667. The Hall–Kier alpha value is -0.530. The molecule has 0 heterocycles. The van der Waals surface area contributed by atoms with Crippen LogP contribution in [0.4, 0.5) is 0 Å². The lowest BCUT2D eigenvalue weighted by Gasteiger charge is -1.91. The van der Waals surface area contributed by atoms with Crippen LogP contribution in [-0.2, 0) is 14.7 Å². The van der Waals surface area contributed by atoms with E-state index in [-0.39, 0.29) is 5.75 Å². The van der Waals surface area contributed by atoms with E-state index in [1.54, 1.807) is 0 Å². The third kappa shape index (κ3) is 7.47. The lowest BCUT2D eigenvalue weighted by atomic mass is 10.3. The number of rotatable bonds is 4. The maximum Gasteiger partial charge on any atom is 0.294 e. The van der Waals surface area contributed by atoms with Crippen LogP contribution in [0.2, 0.25) is 0 Å². The number of hydrogen-bond acceptors (Lipinski definition) is 2. The molecule has 0 amide bonds. The van der Waals surface area contributed by atoms with Crippen LogP contribution in [0.5, 0.6) is 0 Å². The van der Waals surface area contributed by atoms with E-state index < -0.39 is 10.1 Å². The zero-order valence-corrected chi connectivity index (χ0v) is 6.36. The molecule has 0 atom stereocenters. The molecule has 4 heteroatoms. The predicted molar refractivity (Wildman–Crippen MR) is 37.2 cm³/mol. The Morgan fingerprint density at radius 3 is 2.30 bits per heavy atom. The molecule has 0 aliphatic heterocycles. The highest BCUT2D eigenvalue weighted by atomic mass is 32.2. The minimum Gasteiger partial charge on any atom is -0.197 e. The van der Waals surface area contributed by atoms with E-state index in [0.29, 0.717) is 19.3 Å². The first-order valence-corrected chi connectivity index (χ1v) is 4.51. The second kappa shape index (κ2) is 4.31. The standard InChI is InChI=1S/C6H9O3S/c1-2-3-4-5-6-10(7,8)9/h1H,3-6H2. The highest BCUT2D eigenvalue weighted by Gasteiger charge is 2.04. The summed E-state index contributed by atoms with van der Waals surface area (Å²) in [4.78, 5) is 0. The van der Waals surface area contributed by atoms with Crippen LogP contribution in [0.1, 0.15) is 19.3 Å². The van der Waals surface area contributed by atoms with Gasteiger partial charge in [-0.25, -0.2) is 0 Å². The van der Waals surface area contributed by atoms with Crippen molar-refractivity contribution in [1.82, 2.24) is 0 Å². The fourth-order valence-electron chi connectivity index (χ4n) is 0.506. The van der Waals surface area contributed by atoms with Crippen molar-refractivity contribution in [3.05, 3.63) is 0 Å². The highest BCUT2D eigenvalue weighted by Crippen LogP contribution is 1.96. The van der Waals surface area contributed by atoms with Crippen molar-refractivity contribution < 1.29 is 13.0 Å². The van der Waals surface area contributed by atoms with Gasteiger partial charge in [0.1, 0.15) is 0 Å². The van der Waals surface area contributed by atoms with Crippen molar-refractivity contribution in [3.63, 3.8) is 0 Å². The summed E-state index contributed by atoms with van der Waals surface area (Å²) >= 11 is 0. The fourth-order valence-corrected chi connectivity index (χ4v) is 1.06. The molecule has 0 aromatic rings. The van der Waals surface area contributed by atoms with E-state index in [0.717, 1.165) is 0 Å². The van der Waals surface area contributed by atoms with Crippen LogP contribution in [0.15, 0.2) is 0 Å².